The number of carbonyl (C=O) groups is 1. The Kier molecular flexibility index (Phi) is 6.40. The van der Waals surface area contributed by atoms with Crippen LogP contribution in [-0.4, -0.2) is 46.1 Å². The molecule has 0 saturated heterocycles. The van der Waals surface area contributed by atoms with E-state index in [4.69, 9.17) is 9.72 Å². The van der Waals surface area contributed by atoms with Gasteiger partial charge in [-0.15, -0.1) is 0 Å². The van der Waals surface area contributed by atoms with Gasteiger partial charge in [0.2, 0.25) is 0 Å². The number of hydrogen-bond acceptors (Lipinski definition) is 4. The number of nitrogens with zero attached hydrogens (tertiary/aromatic N) is 3. The fourth-order valence-corrected chi connectivity index (χ4v) is 5.38. The Morgan fingerprint density at radius 3 is 2.81 bits per heavy atom. The first-order chi connectivity index (χ1) is 14.7. The van der Waals surface area contributed by atoms with Crippen molar-refractivity contribution in [1.29, 1.82) is 0 Å². The van der Waals surface area contributed by atoms with Crippen molar-refractivity contribution in [3.8, 4) is 0 Å². The number of carbonyl (C=O) groups excluding carboxylic acids is 1. The summed E-state index contributed by atoms with van der Waals surface area (Å²) in [5.74, 6) is 0. The zero-order valence-corrected chi connectivity index (χ0v) is 20.5. The van der Waals surface area contributed by atoms with Gasteiger partial charge in [0.05, 0.1) is 17.8 Å². The van der Waals surface area contributed by atoms with E-state index < -0.39 is 5.60 Å². The van der Waals surface area contributed by atoms with Crippen LogP contribution in [0.15, 0.2) is 41.0 Å². The second-order valence-corrected chi connectivity index (χ2v) is 10.6. The van der Waals surface area contributed by atoms with Crippen molar-refractivity contribution in [3.63, 3.8) is 0 Å². The number of hydrogen-bond donors (Lipinski definition) is 0. The first-order valence-corrected chi connectivity index (χ1v) is 11.9. The number of amides is 1. The van der Waals surface area contributed by atoms with Crippen molar-refractivity contribution >= 4 is 22.0 Å². The first kappa shape index (κ1) is 22.3. The molecule has 2 heterocycles. The molecule has 2 aliphatic rings. The van der Waals surface area contributed by atoms with Crippen LogP contribution >= 0.6 is 15.9 Å². The van der Waals surface area contributed by atoms with Crippen molar-refractivity contribution in [1.82, 2.24) is 14.8 Å². The fourth-order valence-electron chi connectivity index (χ4n) is 4.81. The highest BCUT2D eigenvalue weighted by molar-refractivity contribution is 9.10. The Morgan fingerprint density at radius 1 is 1.26 bits per heavy atom. The van der Waals surface area contributed by atoms with E-state index in [1.165, 1.54) is 28.8 Å². The van der Waals surface area contributed by atoms with Crippen LogP contribution in [0, 0.1) is 0 Å². The van der Waals surface area contributed by atoms with E-state index in [9.17, 15) is 4.79 Å². The van der Waals surface area contributed by atoms with Gasteiger partial charge in [-0.2, -0.15) is 0 Å². The van der Waals surface area contributed by atoms with Crippen LogP contribution in [0.2, 0.25) is 0 Å². The lowest BCUT2D eigenvalue weighted by molar-refractivity contribution is 0.00639. The molecule has 0 spiro atoms. The number of rotatable bonds is 3. The molecule has 1 aromatic heterocycles. The topological polar surface area (TPSA) is 45.7 Å². The number of aryl methyl sites for hydroxylation is 1. The van der Waals surface area contributed by atoms with Gasteiger partial charge in [0.1, 0.15) is 5.60 Å². The Balaban J connectivity index is 1.59. The van der Waals surface area contributed by atoms with Gasteiger partial charge in [-0.3, -0.25) is 14.8 Å². The average molecular weight is 486 g/mol. The van der Waals surface area contributed by atoms with Gasteiger partial charge in [-0.05, 0) is 82.3 Å². The predicted molar refractivity (Wildman–Crippen MR) is 126 cm³/mol. The molecule has 1 aromatic carbocycles. The highest BCUT2D eigenvalue weighted by Crippen LogP contribution is 2.35. The summed E-state index contributed by atoms with van der Waals surface area (Å²) >= 11 is 3.72. The van der Waals surface area contributed by atoms with Crippen LogP contribution in [-0.2, 0) is 24.1 Å². The SMILES string of the molecule is CN(C[C@H]1Cc2c(Br)cccc2CN1C(=O)OC(C)(C)C)[C@H]1CCCc2cccnc21. The number of ether oxygens (including phenoxy) is 1. The van der Waals surface area contributed by atoms with Crippen molar-refractivity contribution in [2.75, 3.05) is 13.6 Å². The highest BCUT2D eigenvalue weighted by Gasteiger charge is 2.36. The van der Waals surface area contributed by atoms with Gasteiger partial charge in [0.25, 0.3) is 0 Å². The minimum Gasteiger partial charge on any atom is -0.444 e. The monoisotopic (exact) mass is 485 g/mol. The zero-order chi connectivity index (χ0) is 22.2. The first-order valence-electron chi connectivity index (χ1n) is 11.1. The van der Waals surface area contributed by atoms with Crippen molar-refractivity contribution < 1.29 is 9.53 Å². The number of benzene rings is 1. The summed E-state index contributed by atoms with van der Waals surface area (Å²) in [4.78, 5) is 22.1. The van der Waals surface area contributed by atoms with Gasteiger partial charge in [-0.25, -0.2) is 4.79 Å². The summed E-state index contributed by atoms with van der Waals surface area (Å²) in [5, 5.41) is 0. The Morgan fingerprint density at radius 2 is 2.03 bits per heavy atom. The Labute approximate surface area is 193 Å². The molecule has 2 atom stereocenters. The minimum atomic E-state index is -0.517. The molecule has 6 heteroatoms. The normalized spacial score (nSPS) is 20.9. The molecular formula is C25H32BrN3O2. The Bertz CT molecular complexity index is 956. The Hall–Kier alpha value is -1.92. The van der Waals surface area contributed by atoms with E-state index in [1.54, 1.807) is 0 Å². The van der Waals surface area contributed by atoms with Crippen LogP contribution in [0.5, 0.6) is 0 Å². The molecule has 5 nitrogen and oxygen atoms in total. The van der Waals surface area contributed by atoms with E-state index >= 15 is 0 Å². The van der Waals surface area contributed by atoms with Crippen LogP contribution < -0.4 is 0 Å². The number of fused-ring (bicyclic) bond motifs is 2. The van der Waals surface area contributed by atoms with E-state index in [2.05, 4.69) is 46.1 Å². The molecule has 31 heavy (non-hydrogen) atoms. The molecule has 4 rings (SSSR count). The fraction of sp³-hybridized carbons (Fsp3) is 0.520. The largest absolute Gasteiger partial charge is 0.444 e. The smallest absolute Gasteiger partial charge is 0.410 e. The lowest BCUT2D eigenvalue weighted by Crippen LogP contribution is -2.51. The summed E-state index contributed by atoms with van der Waals surface area (Å²) in [5.41, 5.74) is 4.51. The number of aromatic nitrogens is 1. The van der Waals surface area contributed by atoms with E-state index in [-0.39, 0.29) is 18.2 Å². The molecule has 0 saturated carbocycles. The standard InChI is InChI=1S/C25H32BrN3O2/c1-25(2,3)31-24(30)29-15-18-9-5-11-21(26)20(18)14-19(29)16-28(4)22-12-6-8-17-10-7-13-27-23(17)22/h5,7,9-11,13,19,22H,6,8,12,14-16H2,1-4H3/t19-,22+/m1/s1. The molecule has 0 fully saturated rings. The van der Waals surface area contributed by atoms with Crippen LogP contribution in [0.3, 0.4) is 0 Å². The molecule has 0 bridgehead atoms. The van der Waals surface area contributed by atoms with Gasteiger partial charge in [0, 0.05) is 23.8 Å². The quantitative estimate of drug-likeness (QED) is 0.574. The molecular weight excluding hydrogens is 454 g/mol. The van der Waals surface area contributed by atoms with Crippen LogP contribution in [0.1, 0.15) is 62.0 Å². The van der Waals surface area contributed by atoms with Gasteiger partial charge < -0.3 is 4.74 Å². The minimum absolute atomic E-state index is 0.0418. The molecule has 1 amide bonds. The van der Waals surface area contributed by atoms with Crippen molar-refractivity contribution in [2.24, 2.45) is 0 Å². The third-order valence-corrected chi connectivity index (χ3v) is 7.00. The van der Waals surface area contributed by atoms with Crippen LogP contribution in [0.4, 0.5) is 4.79 Å². The summed E-state index contributed by atoms with van der Waals surface area (Å²) < 4.78 is 6.90. The third-order valence-electron chi connectivity index (χ3n) is 6.26. The van der Waals surface area contributed by atoms with Gasteiger partial charge in [0.15, 0.2) is 0 Å². The second kappa shape index (κ2) is 8.91. The highest BCUT2D eigenvalue weighted by atomic mass is 79.9. The maximum Gasteiger partial charge on any atom is 0.410 e. The van der Waals surface area contributed by atoms with Gasteiger partial charge >= 0.3 is 6.09 Å². The number of pyridine rings is 1. The maximum absolute atomic E-state index is 13.1. The molecule has 1 aliphatic carbocycles. The van der Waals surface area contributed by atoms with E-state index in [0.29, 0.717) is 6.54 Å². The number of likely N-dealkylation sites (N-methyl/N-ethyl adjacent to an activating group) is 1. The average Bonchev–Trinajstić information content (AvgIpc) is 2.72. The molecule has 0 N–H and O–H groups in total. The van der Waals surface area contributed by atoms with E-state index in [1.807, 2.05) is 44.0 Å². The zero-order valence-electron chi connectivity index (χ0n) is 18.9. The van der Waals surface area contributed by atoms with Crippen molar-refractivity contribution in [3.05, 3.63) is 63.4 Å². The summed E-state index contributed by atoms with van der Waals surface area (Å²) in [6, 6.07) is 10.8. The van der Waals surface area contributed by atoms with Crippen molar-refractivity contribution in [2.45, 2.75) is 70.7 Å². The third kappa shape index (κ3) is 4.96. The number of halogens is 1. The second-order valence-electron chi connectivity index (χ2n) is 9.74. The maximum atomic E-state index is 13.1. The van der Waals surface area contributed by atoms with Gasteiger partial charge in [-0.1, -0.05) is 34.1 Å². The molecule has 2 aromatic rings. The summed E-state index contributed by atoms with van der Waals surface area (Å²) in [7, 11) is 2.16. The molecule has 166 valence electrons. The lowest BCUT2D eigenvalue weighted by atomic mass is 9.89. The lowest BCUT2D eigenvalue weighted by Gasteiger charge is -2.41. The van der Waals surface area contributed by atoms with Crippen LogP contribution in [0.25, 0.3) is 0 Å². The summed E-state index contributed by atoms with van der Waals surface area (Å²) in [6.07, 6.45) is 5.83. The predicted octanol–water partition coefficient (Wildman–Crippen LogP) is 5.52. The van der Waals surface area contributed by atoms with E-state index in [0.717, 1.165) is 30.3 Å². The molecule has 0 radical (unpaired) electrons. The molecule has 0 unspecified atom stereocenters. The summed E-state index contributed by atoms with van der Waals surface area (Å²) in [6.45, 7) is 7.11. The molecule has 1 aliphatic heterocycles.